The second-order valence-electron chi connectivity index (χ2n) is 6.55. The number of hydrogen-bond acceptors (Lipinski definition) is 5. The third-order valence-corrected chi connectivity index (χ3v) is 5.39. The molecule has 5 nitrogen and oxygen atoms in total. The van der Waals surface area contributed by atoms with E-state index in [0.717, 1.165) is 37.4 Å². The monoisotopic (exact) mass is 293 g/mol. The lowest BCUT2D eigenvalue weighted by atomic mass is 9.83. The Morgan fingerprint density at radius 2 is 1.86 bits per heavy atom. The third-order valence-electron chi connectivity index (χ3n) is 5.39. The van der Waals surface area contributed by atoms with Crippen molar-refractivity contribution >= 4 is 0 Å². The van der Waals surface area contributed by atoms with Crippen molar-refractivity contribution in [3.05, 3.63) is 11.7 Å². The predicted molar refractivity (Wildman–Crippen MR) is 80.1 cm³/mol. The number of methoxy groups -OCH3 is 1. The first-order chi connectivity index (χ1) is 10.3. The lowest BCUT2D eigenvalue weighted by molar-refractivity contribution is -0.0527. The molecule has 0 aromatic carbocycles. The SMILES string of the molecule is CNC1CCC(c2nc(C3(OC)CCCCC3)no2)CC1. The normalized spacial score (nSPS) is 29.4. The molecular weight excluding hydrogens is 266 g/mol. The molecule has 2 saturated carbocycles. The highest BCUT2D eigenvalue weighted by molar-refractivity contribution is 5.06. The maximum Gasteiger partial charge on any atom is 0.229 e. The van der Waals surface area contributed by atoms with Gasteiger partial charge in [-0.2, -0.15) is 4.98 Å². The molecule has 2 aliphatic rings. The van der Waals surface area contributed by atoms with E-state index in [0.29, 0.717) is 12.0 Å². The summed E-state index contributed by atoms with van der Waals surface area (Å²) in [6, 6.07) is 0.646. The molecule has 0 spiro atoms. The summed E-state index contributed by atoms with van der Waals surface area (Å²) in [5.41, 5.74) is -0.303. The average molecular weight is 293 g/mol. The number of ether oxygens (including phenoxy) is 1. The summed E-state index contributed by atoms with van der Waals surface area (Å²) >= 11 is 0. The molecule has 1 N–H and O–H groups in total. The summed E-state index contributed by atoms with van der Waals surface area (Å²) in [5, 5.41) is 7.63. The first-order valence-corrected chi connectivity index (χ1v) is 8.34. The number of hydrogen-bond donors (Lipinski definition) is 1. The smallest absolute Gasteiger partial charge is 0.229 e. The molecule has 118 valence electrons. The molecule has 0 atom stereocenters. The topological polar surface area (TPSA) is 60.2 Å². The molecule has 0 unspecified atom stereocenters. The number of nitrogens with zero attached hydrogens (tertiary/aromatic N) is 2. The van der Waals surface area contributed by atoms with E-state index < -0.39 is 0 Å². The summed E-state index contributed by atoms with van der Waals surface area (Å²) < 4.78 is 11.4. The van der Waals surface area contributed by atoms with E-state index in [1.54, 1.807) is 7.11 Å². The molecule has 1 aromatic heterocycles. The van der Waals surface area contributed by atoms with Crippen molar-refractivity contribution in [3.8, 4) is 0 Å². The van der Waals surface area contributed by atoms with Crippen LogP contribution in [-0.2, 0) is 10.3 Å². The summed E-state index contributed by atoms with van der Waals surface area (Å²) in [4.78, 5) is 4.73. The zero-order chi connectivity index (χ0) is 14.7. The number of nitrogens with one attached hydrogen (secondary N) is 1. The van der Waals surface area contributed by atoms with Crippen LogP contribution in [-0.4, -0.2) is 30.3 Å². The maximum absolute atomic E-state index is 5.80. The first-order valence-electron chi connectivity index (χ1n) is 8.34. The molecule has 1 aromatic rings. The van der Waals surface area contributed by atoms with Gasteiger partial charge < -0.3 is 14.6 Å². The molecule has 5 heteroatoms. The minimum absolute atomic E-state index is 0.303. The van der Waals surface area contributed by atoms with E-state index in [9.17, 15) is 0 Å². The summed E-state index contributed by atoms with van der Waals surface area (Å²) in [5.74, 6) is 2.02. The van der Waals surface area contributed by atoms with Gasteiger partial charge in [0, 0.05) is 19.1 Å². The highest BCUT2D eigenvalue weighted by Crippen LogP contribution is 2.40. The van der Waals surface area contributed by atoms with Crippen LogP contribution in [0.15, 0.2) is 4.52 Å². The second kappa shape index (κ2) is 6.44. The summed E-state index contributed by atoms with van der Waals surface area (Å²) in [6.07, 6.45) is 10.3. The standard InChI is InChI=1S/C16H27N3O2/c1-17-13-8-6-12(7-9-13)14-18-15(19-21-14)16(20-2)10-4-3-5-11-16/h12-13,17H,3-11H2,1-2H3. The Bertz CT molecular complexity index is 446. The Labute approximate surface area is 126 Å². The minimum atomic E-state index is -0.303. The van der Waals surface area contributed by atoms with Crippen LogP contribution in [0.3, 0.4) is 0 Å². The number of aromatic nitrogens is 2. The van der Waals surface area contributed by atoms with Gasteiger partial charge in [-0.05, 0) is 45.6 Å². The van der Waals surface area contributed by atoms with Gasteiger partial charge in [0.2, 0.25) is 11.7 Å². The molecular formula is C16H27N3O2. The van der Waals surface area contributed by atoms with E-state index in [-0.39, 0.29) is 5.60 Å². The molecule has 0 bridgehead atoms. The molecule has 2 aliphatic carbocycles. The Morgan fingerprint density at radius 3 is 2.48 bits per heavy atom. The van der Waals surface area contributed by atoms with Crippen LogP contribution in [0, 0.1) is 0 Å². The Hall–Kier alpha value is -0.940. The molecule has 0 radical (unpaired) electrons. The number of rotatable bonds is 4. The van der Waals surface area contributed by atoms with Crippen LogP contribution in [0.25, 0.3) is 0 Å². The highest BCUT2D eigenvalue weighted by Gasteiger charge is 2.39. The van der Waals surface area contributed by atoms with Gasteiger partial charge in [-0.25, -0.2) is 0 Å². The van der Waals surface area contributed by atoms with Crippen LogP contribution < -0.4 is 5.32 Å². The molecule has 0 aliphatic heterocycles. The fourth-order valence-corrected chi connectivity index (χ4v) is 3.86. The largest absolute Gasteiger partial charge is 0.370 e. The van der Waals surface area contributed by atoms with Crippen LogP contribution in [0.5, 0.6) is 0 Å². The van der Waals surface area contributed by atoms with Crippen LogP contribution in [0.2, 0.25) is 0 Å². The molecule has 21 heavy (non-hydrogen) atoms. The van der Waals surface area contributed by atoms with E-state index in [1.807, 2.05) is 7.05 Å². The van der Waals surface area contributed by atoms with Crippen molar-refractivity contribution in [2.75, 3.05) is 14.2 Å². The van der Waals surface area contributed by atoms with E-state index in [1.165, 1.54) is 32.1 Å². The fourth-order valence-electron chi connectivity index (χ4n) is 3.86. The Balaban J connectivity index is 1.71. The molecule has 1 heterocycles. The quantitative estimate of drug-likeness (QED) is 0.924. The van der Waals surface area contributed by atoms with Gasteiger partial charge in [-0.15, -0.1) is 0 Å². The van der Waals surface area contributed by atoms with Crippen LogP contribution in [0.1, 0.15) is 75.4 Å². The van der Waals surface area contributed by atoms with Gasteiger partial charge in [0.05, 0.1) is 0 Å². The van der Waals surface area contributed by atoms with E-state index in [4.69, 9.17) is 14.2 Å². The van der Waals surface area contributed by atoms with Gasteiger partial charge in [0.25, 0.3) is 0 Å². The van der Waals surface area contributed by atoms with Crippen molar-refractivity contribution in [1.82, 2.24) is 15.5 Å². The zero-order valence-electron chi connectivity index (χ0n) is 13.2. The fraction of sp³-hybridized carbons (Fsp3) is 0.875. The summed E-state index contributed by atoms with van der Waals surface area (Å²) in [6.45, 7) is 0. The Morgan fingerprint density at radius 1 is 1.14 bits per heavy atom. The van der Waals surface area contributed by atoms with Crippen molar-refractivity contribution in [2.45, 2.75) is 75.3 Å². The van der Waals surface area contributed by atoms with Crippen molar-refractivity contribution in [2.24, 2.45) is 0 Å². The van der Waals surface area contributed by atoms with Gasteiger partial charge in [-0.1, -0.05) is 24.4 Å². The van der Waals surface area contributed by atoms with Crippen LogP contribution >= 0.6 is 0 Å². The second-order valence-corrected chi connectivity index (χ2v) is 6.55. The maximum atomic E-state index is 5.80. The molecule has 2 fully saturated rings. The molecule has 0 amide bonds. The zero-order valence-corrected chi connectivity index (χ0v) is 13.2. The minimum Gasteiger partial charge on any atom is -0.370 e. The predicted octanol–water partition coefficient (Wildman–Crippen LogP) is 3.12. The van der Waals surface area contributed by atoms with Crippen molar-refractivity contribution in [3.63, 3.8) is 0 Å². The summed E-state index contributed by atoms with van der Waals surface area (Å²) in [7, 11) is 3.82. The van der Waals surface area contributed by atoms with Crippen molar-refractivity contribution in [1.29, 1.82) is 0 Å². The van der Waals surface area contributed by atoms with Gasteiger partial charge in [-0.3, -0.25) is 0 Å². The lowest BCUT2D eigenvalue weighted by Gasteiger charge is -2.32. The first kappa shape index (κ1) is 15.0. The molecule has 0 saturated heterocycles. The van der Waals surface area contributed by atoms with Crippen LogP contribution in [0.4, 0.5) is 0 Å². The average Bonchev–Trinajstić information content (AvgIpc) is 3.06. The van der Waals surface area contributed by atoms with Gasteiger partial charge >= 0.3 is 0 Å². The highest BCUT2D eigenvalue weighted by atomic mass is 16.5. The van der Waals surface area contributed by atoms with Crippen molar-refractivity contribution < 1.29 is 9.26 Å². The third kappa shape index (κ3) is 2.99. The lowest BCUT2D eigenvalue weighted by Crippen LogP contribution is -2.32. The van der Waals surface area contributed by atoms with Gasteiger partial charge in [0.15, 0.2) is 0 Å². The van der Waals surface area contributed by atoms with Gasteiger partial charge in [0.1, 0.15) is 5.60 Å². The molecule has 3 rings (SSSR count). The Kier molecular flexibility index (Phi) is 4.60. The van der Waals surface area contributed by atoms with E-state index in [2.05, 4.69) is 10.5 Å². The van der Waals surface area contributed by atoms with E-state index >= 15 is 0 Å².